The molecular formula is C64H46N4O. The molecule has 4 heterocycles. The number of fused-ring (bicyclic) bond motifs is 10. The molecule has 0 unspecified atom stereocenters. The van der Waals surface area contributed by atoms with Crippen LogP contribution in [0.2, 0.25) is 0 Å². The molecule has 0 radical (unpaired) electrons. The van der Waals surface area contributed by atoms with Crippen LogP contribution in [0.5, 0.6) is 11.5 Å². The first-order valence-corrected chi connectivity index (χ1v) is 23.6. The topological polar surface area (TPSA) is 35.9 Å². The zero-order valence-corrected chi connectivity index (χ0v) is 38.6. The highest BCUT2D eigenvalue weighted by atomic mass is 16.5. The molecule has 0 fully saturated rings. The van der Waals surface area contributed by atoms with Gasteiger partial charge in [-0.05, 0) is 115 Å². The molecule has 0 N–H and O–H groups in total. The van der Waals surface area contributed by atoms with E-state index < -0.39 is 0 Å². The minimum Gasteiger partial charge on any atom is -0.458 e. The van der Waals surface area contributed by atoms with Crippen LogP contribution in [0.3, 0.4) is 0 Å². The molecule has 328 valence electrons. The molecule has 0 atom stereocenters. The van der Waals surface area contributed by atoms with Gasteiger partial charge in [-0.1, -0.05) is 185 Å². The quantitative estimate of drug-likeness (QED) is 0.123. The zero-order valence-electron chi connectivity index (χ0n) is 38.6. The van der Waals surface area contributed by atoms with Gasteiger partial charge >= 0.3 is 0 Å². The maximum Gasteiger partial charge on any atom is 0.269 e. The predicted octanol–water partition coefficient (Wildman–Crippen LogP) is 15.9. The van der Waals surface area contributed by atoms with Crippen molar-refractivity contribution >= 4 is 32.8 Å². The summed E-state index contributed by atoms with van der Waals surface area (Å²) in [4.78, 5) is 4.92. The number of imidazole rings is 1. The van der Waals surface area contributed by atoms with E-state index in [4.69, 9.17) is 9.72 Å². The Morgan fingerprint density at radius 2 is 1.04 bits per heavy atom. The van der Waals surface area contributed by atoms with E-state index in [-0.39, 0.29) is 5.41 Å². The second-order valence-electron chi connectivity index (χ2n) is 18.9. The van der Waals surface area contributed by atoms with Crippen LogP contribution in [0.1, 0.15) is 26.3 Å². The van der Waals surface area contributed by atoms with E-state index in [0.29, 0.717) is 5.75 Å². The molecule has 1 aliphatic rings. The Hall–Kier alpha value is -8.80. The fourth-order valence-corrected chi connectivity index (χ4v) is 10.5. The Kier molecular flexibility index (Phi) is 9.34. The van der Waals surface area contributed by atoms with Gasteiger partial charge in [0.15, 0.2) is 0 Å². The van der Waals surface area contributed by atoms with Gasteiger partial charge < -0.3 is 4.74 Å². The summed E-state index contributed by atoms with van der Waals surface area (Å²) < 4.78 is 13.8. The molecule has 5 nitrogen and oxygen atoms in total. The van der Waals surface area contributed by atoms with Crippen LogP contribution in [-0.4, -0.2) is 14.1 Å². The van der Waals surface area contributed by atoms with Crippen LogP contribution in [0.25, 0.3) is 106 Å². The maximum absolute atomic E-state index is 6.92. The third-order valence-corrected chi connectivity index (χ3v) is 13.7. The summed E-state index contributed by atoms with van der Waals surface area (Å²) in [7, 11) is 0. The number of aromatic nitrogens is 4. The van der Waals surface area contributed by atoms with Crippen LogP contribution < -0.4 is 9.30 Å². The second kappa shape index (κ2) is 15.9. The van der Waals surface area contributed by atoms with E-state index in [1.165, 1.54) is 27.6 Å². The number of rotatable bonds is 6. The van der Waals surface area contributed by atoms with Gasteiger partial charge in [-0.15, -0.1) is 0 Å². The number of hydrogen-bond acceptors (Lipinski definition) is 2. The smallest absolute Gasteiger partial charge is 0.269 e. The summed E-state index contributed by atoms with van der Waals surface area (Å²) in [5.74, 6) is 2.33. The highest BCUT2D eigenvalue weighted by Gasteiger charge is 2.28. The first kappa shape index (κ1) is 40.5. The van der Waals surface area contributed by atoms with E-state index in [9.17, 15) is 0 Å². The van der Waals surface area contributed by atoms with Crippen molar-refractivity contribution in [2.45, 2.75) is 26.2 Å². The number of nitrogens with zero attached hydrogens (tertiary/aromatic N) is 4. The first-order valence-electron chi connectivity index (χ1n) is 23.6. The standard InChI is InChI=1S/C64H46N4O/c1-64(2,3)44-36-37-65-60(38-44)68-58-31-15-14-28-54(58)55-33-32-47(40-59(55)68)69-46-23-16-22-45(39-46)66-41-67-61-48(42-18-6-4-7-19-42)29-17-30-56(61)52-26-12-10-24-50(52)51-25-11-13-27-53(51)57-35-34-49(62(66)63(57)67)43-20-8-5-9-21-43/h4-40H,1-3H3. The molecule has 0 aliphatic carbocycles. The van der Waals surface area contributed by atoms with E-state index in [1.807, 2.05) is 12.3 Å². The van der Waals surface area contributed by atoms with Crippen molar-refractivity contribution in [1.29, 1.82) is 0 Å². The van der Waals surface area contributed by atoms with Crippen LogP contribution in [0.4, 0.5) is 0 Å². The summed E-state index contributed by atoms with van der Waals surface area (Å²) in [6.07, 6.45) is 5.94. The van der Waals surface area contributed by atoms with Gasteiger partial charge in [-0.25, -0.2) is 4.98 Å². The van der Waals surface area contributed by atoms with Crippen LogP contribution in [-0.2, 0) is 5.41 Å². The second-order valence-corrected chi connectivity index (χ2v) is 18.9. The van der Waals surface area contributed by atoms with Crippen molar-refractivity contribution in [1.82, 2.24) is 14.1 Å². The Morgan fingerprint density at radius 3 is 1.78 bits per heavy atom. The van der Waals surface area contributed by atoms with Gasteiger partial charge in [-0.3, -0.25) is 13.7 Å². The van der Waals surface area contributed by atoms with Gasteiger partial charge in [0, 0.05) is 23.0 Å². The largest absolute Gasteiger partial charge is 0.458 e. The molecular weight excluding hydrogens is 841 g/mol. The Labute approximate surface area is 401 Å². The van der Waals surface area contributed by atoms with Crippen molar-refractivity contribution < 1.29 is 9.30 Å². The molecule has 12 aromatic rings. The molecule has 1 aliphatic heterocycles. The minimum absolute atomic E-state index is 0.0279. The molecule has 0 saturated carbocycles. The SMILES string of the molecule is CC(C)(C)c1ccnc(-n2c3ccccc3c3ccc(Oc4cccc(-n5[c-][n+]6c7c(ccc(-c8ccccc8)c75)-c5ccccc5-c5ccccc5-c5cccc(-c7ccccc7)c5-6)c4)cc32)c1. The van der Waals surface area contributed by atoms with Gasteiger partial charge in [0.25, 0.3) is 6.33 Å². The summed E-state index contributed by atoms with van der Waals surface area (Å²) in [5.41, 5.74) is 18.9. The van der Waals surface area contributed by atoms with Crippen molar-refractivity contribution in [3.05, 3.63) is 236 Å². The summed E-state index contributed by atoms with van der Waals surface area (Å²) in [6, 6.07) is 78.1. The average Bonchev–Trinajstić information content (AvgIpc) is 3.96. The molecule has 5 heteroatoms. The highest BCUT2D eigenvalue weighted by Crippen LogP contribution is 2.47. The zero-order chi connectivity index (χ0) is 46.2. The number of hydrogen-bond donors (Lipinski definition) is 0. The highest BCUT2D eigenvalue weighted by molar-refractivity contribution is 6.10. The molecule has 0 spiro atoms. The lowest BCUT2D eigenvalue weighted by atomic mass is 9.88. The summed E-state index contributed by atoms with van der Waals surface area (Å²) >= 11 is 0. The molecule has 3 aromatic heterocycles. The van der Waals surface area contributed by atoms with Crippen LogP contribution >= 0.6 is 0 Å². The lowest BCUT2D eigenvalue weighted by molar-refractivity contribution is -0.570. The molecule has 0 amide bonds. The number of ether oxygens (including phenoxy) is 1. The Morgan fingerprint density at radius 1 is 0.464 bits per heavy atom. The number of pyridine rings is 1. The number of para-hydroxylation sites is 2. The summed E-state index contributed by atoms with van der Waals surface area (Å²) in [5, 5.41) is 2.31. The van der Waals surface area contributed by atoms with Gasteiger partial charge in [0.05, 0.1) is 33.4 Å². The third kappa shape index (κ3) is 6.69. The van der Waals surface area contributed by atoms with Crippen molar-refractivity contribution in [2.24, 2.45) is 0 Å². The molecule has 0 saturated heterocycles. The lowest BCUT2D eigenvalue weighted by Crippen LogP contribution is -2.32. The van der Waals surface area contributed by atoms with Crippen LogP contribution in [0.15, 0.2) is 225 Å². The fourth-order valence-electron chi connectivity index (χ4n) is 10.5. The number of benzene rings is 9. The van der Waals surface area contributed by atoms with E-state index >= 15 is 0 Å². The Balaban J connectivity index is 1.04. The fraction of sp³-hybridized carbons (Fsp3) is 0.0625. The third-order valence-electron chi connectivity index (χ3n) is 13.7. The minimum atomic E-state index is -0.0279. The molecule has 13 rings (SSSR count). The summed E-state index contributed by atoms with van der Waals surface area (Å²) in [6.45, 7) is 6.72. The first-order chi connectivity index (χ1) is 33.9. The monoisotopic (exact) mass is 886 g/mol. The van der Waals surface area contributed by atoms with E-state index in [0.717, 1.165) is 89.3 Å². The predicted molar refractivity (Wildman–Crippen MR) is 282 cm³/mol. The van der Waals surface area contributed by atoms with Crippen molar-refractivity contribution in [3.8, 4) is 84.3 Å². The van der Waals surface area contributed by atoms with Crippen molar-refractivity contribution in [2.75, 3.05) is 0 Å². The Bertz CT molecular complexity index is 3970. The molecule has 0 bridgehead atoms. The van der Waals surface area contributed by atoms with E-state index in [2.05, 4.69) is 253 Å². The van der Waals surface area contributed by atoms with Gasteiger partial charge in [-0.2, -0.15) is 0 Å². The normalized spacial score (nSPS) is 12.0. The van der Waals surface area contributed by atoms with Crippen molar-refractivity contribution in [3.63, 3.8) is 0 Å². The average molecular weight is 887 g/mol. The molecule has 9 aromatic carbocycles. The van der Waals surface area contributed by atoms with E-state index in [1.54, 1.807) is 0 Å². The van der Waals surface area contributed by atoms with Gasteiger partial charge in [0.2, 0.25) is 0 Å². The molecule has 69 heavy (non-hydrogen) atoms. The van der Waals surface area contributed by atoms with Gasteiger partial charge in [0.1, 0.15) is 17.3 Å². The lowest BCUT2D eigenvalue weighted by Gasteiger charge is -2.20. The van der Waals surface area contributed by atoms with Crippen LogP contribution in [0, 0.1) is 6.33 Å². The maximum atomic E-state index is 6.92.